The lowest BCUT2D eigenvalue weighted by Crippen LogP contribution is -2.28. The van der Waals surface area contributed by atoms with E-state index in [4.69, 9.17) is 0 Å². The van der Waals surface area contributed by atoms with Crippen LogP contribution in [0.5, 0.6) is 0 Å². The Balaban J connectivity index is 1.60. The summed E-state index contributed by atoms with van der Waals surface area (Å²) in [5.41, 5.74) is 9.16. The minimum absolute atomic E-state index is 0.0797. The minimum atomic E-state index is -0.126. The third-order valence-electron chi connectivity index (χ3n) is 8.25. The summed E-state index contributed by atoms with van der Waals surface area (Å²) in [7, 11) is 0. The van der Waals surface area contributed by atoms with E-state index in [1.165, 1.54) is 50.2 Å². The van der Waals surface area contributed by atoms with Crippen LogP contribution in [0.15, 0.2) is 104 Å². The molecule has 0 aromatic heterocycles. The third kappa shape index (κ3) is 3.91. The molecule has 0 fully saturated rings. The predicted molar refractivity (Wildman–Crippen MR) is 161 cm³/mol. The van der Waals surface area contributed by atoms with Crippen molar-refractivity contribution in [2.45, 2.75) is 51.9 Å². The molecule has 0 amide bonds. The third-order valence-corrected chi connectivity index (χ3v) is 8.25. The molecule has 188 valence electrons. The van der Waals surface area contributed by atoms with E-state index < -0.39 is 0 Å². The van der Waals surface area contributed by atoms with E-state index >= 15 is 0 Å². The van der Waals surface area contributed by atoms with E-state index in [0.717, 1.165) is 19.5 Å². The molecule has 0 bridgehead atoms. The van der Waals surface area contributed by atoms with E-state index in [1.807, 2.05) is 12.2 Å². The number of hydrogen-bond donors (Lipinski definition) is 0. The summed E-state index contributed by atoms with van der Waals surface area (Å²) in [6, 6.07) is 20.2. The number of rotatable bonds is 7. The lowest BCUT2D eigenvalue weighted by Gasteiger charge is -2.26. The van der Waals surface area contributed by atoms with Crippen LogP contribution in [0.2, 0.25) is 0 Å². The van der Waals surface area contributed by atoms with Crippen LogP contribution >= 0.6 is 0 Å². The average molecular weight is 488 g/mol. The van der Waals surface area contributed by atoms with Gasteiger partial charge in [-0.1, -0.05) is 75.9 Å². The van der Waals surface area contributed by atoms with Crippen LogP contribution in [0.4, 0.5) is 11.4 Å². The Labute approximate surface area is 222 Å². The highest BCUT2D eigenvalue weighted by Crippen LogP contribution is 2.48. The second-order valence-corrected chi connectivity index (χ2v) is 11.2. The Hall–Kier alpha value is -3.65. The lowest BCUT2D eigenvalue weighted by molar-refractivity contribution is -0.425. The fourth-order valence-corrected chi connectivity index (χ4v) is 6.36. The summed E-state index contributed by atoms with van der Waals surface area (Å²) < 4.78 is 2.42. The molecule has 2 heterocycles. The molecule has 0 N–H and O–H groups in total. The maximum absolute atomic E-state index is 4.06. The molecule has 37 heavy (non-hydrogen) atoms. The number of anilines is 1. The van der Waals surface area contributed by atoms with Gasteiger partial charge < -0.3 is 4.90 Å². The highest BCUT2D eigenvalue weighted by Gasteiger charge is 2.45. The molecule has 3 aromatic carbocycles. The first-order chi connectivity index (χ1) is 17.7. The van der Waals surface area contributed by atoms with Crippen molar-refractivity contribution < 1.29 is 4.58 Å². The first kappa shape index (κ1) is 25.0. The Morgan fingerprint density at radius 3 is 2.43 bits per heavy atom. The Morgan fingerprint density at radius 1 is 0.919 bits per heavy atom. The molecule has 0 saturated heterocycles. The summed E-state index contributed by atoms with van der Waals surface area (Å²) in [6.45, 7) is 21.3. The molecule has 0 atom stereocenters. The summed E-state index contributed by atoms with van der Waals surface area (Å²) in [5.74, 6) is 0. The van der Waals surface area contributed by atoms with Gasteiger partial charge in [-0.15, -0.1) is 6.58 Å². The van der Waals surface area contributed by atoms with Crippen LogP contribution in [0, 0.1) is 0 Å². The van der Waals surface area contributed by atoms with Gasteiger partial charge in [0.2, 0.25) is 5.69 Å². The van der Waals surface area contributed by atoms with Gasteiger partial charge in [-0.3, -0.25) is 0 Å². The molecule has 2 heteroatoms. The highest BCUT2D eigenvalue weighted by molar-refractivity contribution is 6.07. The van der Waals surface area contributed by atoms with E-state index in [9.17, 15) is 0 Å². The predicted octanol–water partition coefficient (Wildman–Crippen LogP) is 8.39. The summed E-state index contributed by atoms with van der Waals surface area (Å²) >= 11 is 0. The largest absolute Gasteiger partial charge is 0.340 e. The second-order valence-electron chi connectivity index (χ2n) is 11.2. The maximum Gasteiger partial charge on any atom is 0.210 e. The van der Waals surface area contributed by atoms with Crippen LogP contribution in [-0.2, 0) is 17.3 Å². The standard InChI is InChI=1S/C35H39N2/c1-8-22-36-29-20-18-25(10-3)24-28(29)34(4,5)31(36)16-13-17-32-35(6,7)33-27-15-12-11-14-26(27)19-21-30(33)37(32)23-9-2/h8-9,11-21,24H,1-2,10,22-23H2,3-7H3/q+1. The summed E-state index contributed by atoms with van der Waals surface area (Å²) in [6.07, 6.45) is 11.9. The molecule has 2 nitrogen and oxygen atoms in total. The molecular weight excluding hydrogens is 448 g/mol. The lowest BCUT2D eigenvalue weighted by atomic mass is 9.79. The molecule has 0 spiro atoms. The van der Waals surface area contributed by atoms with Crippen molar-refractivity contribution >= 4 is 27.9 Å². The minimum Gasteiger partial charge on any atom is -0.340 e. The molecule has 0 radical (unpaired) electrons. The van der Waals surface area contributed by atoms with Crippen molar-refractivity contribution in [3.8, 4) is 0 Å². The monoisotopic (exact) mass is 487 g/mol. The fraction of sp³-hybridized carbons (Fsp3) is 0.286. The van der Waals surface area contributed by atoms with Gasteiger partial charge in [0.05, 0.1) is 5.41 Å². The number of fused-ring (bicyclic) bond motifs is 4. The van der Waals surface area contributed by atoms with Crippen molar-refractivity contribution in [1.82, 2.24) is 0 Å². The van der Waals surface area contributed by atoms with E-state index in [-0.39, 0.29) is 10.8 Å². The smallest absolute Gasteiger partial charge is 0.210 e. The SMILES string of the molecule is C=CCN1C(=CC=CC2=[N+](CC=C)c3ccc4ccccc4c3C2(C)C)C(C)(C)c2cc(CC)ccc21. The van der Waals surface area contributed by atoms with E-state index in [2.05, 4.69) is 130 Å². The number of allylic oxidation sites excluding steroid dienone is 4. The second kappa shape index (κ2) is 9.34. The topological polar surface area (TPSA) is 6.25 Å². The van der Waals surface area contributed by atoms with Crippen molar-refractivity contribution in [2.75, 3.05) is 18.0 Å². The molecule has 0 saturated carbocycles. The molecule has 0 aliphatic carbocycles. The fourth-order valence-electron chi connectivity index (χ4n) is 6.36. The Kier molecular flexibility index (Phi) is 6.31. The van der Waals surface area contributed by atoms with E-state index in [0.29, 0.717) is 0 Å². The van der Waals surface area contributed by atoms with Gasteiger partial charge in [-0.05, 0) is 66.5 Å². The summed E-state index contributed by atoms with van der Waals surface area (Å²) in [4.78, 5) is 2.42. The Bertz CT molecular complexity index is 1490. The molecule has 2 aliphatic heterocycles. The average Bonchev–Trinajstić information content (AvgIpc) is 3.23. The quantitative estimate of drug-likeness (QED) is 0.240. The van der Waals surface area contributed by atoms with Crippen LogP contribution in [0.1, 0.15) is 51.3 Å². The maximum atomic E-state index is 4.06. The molecule has 2 aliphatic rings. The molecular formula is C35H39N2+. The van der Waals surface area contributed by atoms with Crippen molar-refractivity contribution in [3.63, 3.8) is 0 Å². The van der Waals surface area contributed by atoms with Crippen LogP contribution in [-0.4, -0.2) is 23.4 Å². The van der Waals surface area contributed by atoms with Crippen molar-refractivity contribution in [3.05, 3.63) is 121 Å². The Morgan fingerprint density at radius 2 is 1.70 bits per heavy atom. The molecule has 0 unspecified atom stereocenters. The van der Waals surface area contributed by atoms with Gasteiger partial charge in [-0.25, -0.2) is 0 Å². The van der Waals surface area contributed by atoms with Gasteiger partial charge in [-0.2, -0.15) is 4.58 Å². The zero-order chi connectivity index (χ0) is 26.4. The van der Waals surface area contributed by atoms with E-state index in [1.54, 1.807) is 0 Å². The summed E-state index contributed by atoms with van der Waals surface area (Å²) in [5, 5.41) is 2.62. The van der Waals surface area contributed by atoms with Crippen molar-refractivity contribution in [1.29, 1.82) is 0 Å². The van der Waals surface area contributed by atoms with Crippen LogP contribution in [0.3, 0.4) is 0 Å². The number of nitrogens with zero attached hydrogens (tertiary/aromatic N) is 2. The first-order valence-electron chi connectivity index (χ1n) is 13.4. The number of aryl methyl sites for hydroxylation is 1. The van der Waals surface area contributed by atoms with Crippen LogP contribution < -0.4 is 4.90 Å². The highest BCUT2D eigenvalue weighted by atomic mass is 15.2. The zero-order valence-electron chi connectivity index (χ0n) is 23.0. The molecule has 5 rings (SSSR count). The van der Waals surface area contributed by atoms with Gasteiger partial charge in [0.25, 0.3) is 0 Å². The van der Waals surface area contributed by atoms with Gasteiger partial charge in [0.15, 0.2) is 12.3 Å². The van der Waals surface area contributed by atoms with Crippen molar-refractivity contribution in [2.24, 2.45) is 0 Å². The van der Waals surface area contributed by atoms with Crippen LogP contribution in [0.25, 0.3) is 10.8 Å². The van der Waals surface area contributed by atoms with Gasteiger partial charge >= 0.3 is 0 Å². The normalized spacial score (nSPS) is 18.6. The number of benzene rings is 3. The van der Waals surface area contributed by atoms with Gasteiger partial charge in [0, 0.05) is 41.1 Å². The zero-order valence-corrected chi connectivity index (χ0v) is 23.0. The molecule has 3 aromatic rings. The number of hydrogen-bond acceptors (Lipinski definition) is 1. The first-order valence-corrected chi connectivity index (χ1v) is 13.4. The van der Waals surface area contributed by atoms with Gasteiger partial charge in [0.1, 0.15) is 0 Å².